The lowest BCUT2D eigenvalue weighted by Crippen LogP contribution is -2.48. The number of anilines is 3. The second-order valence-corrected chi connectivity index (χ2v) is 13.5. The summed E-state index contributed by atoms with van der Waals surface area (Å²) in [6.07, 6.45) is -1.19. The molecule has 0 aromatic heterocycles. The Kier molecular flexibility index (Phi) is 7.89. The summed E-state index contributed by atoms with van der Waals surface area (Å²) in [5, 5.41) is 3.48. The van der Waals surface area contributed by atoms with Gasteiger partial charge in [0.25, 0.3) is 26.0 Å². The molecule has 2 N–H and O–H groups in total. The third kappa shape index (κ3) is 6.13. The van der Waals surface area contributed by atoms with Gasteiger partial charge in [-0.3, -0.25) is 13.8 Å². The van der Waals surface area contributed by atoms with Gasteiger partial charge in [0, 0.05) is 15.7 Å². The van der Waals surface area contributed by atoms with Crippen LogP contribution in [0, 0.1) is 6.92 Å². The van der Waals surface area contributed by atoms with E-state index in [2.05, 4.69) is 10.0 Å². The number of rotatable bonds is 7. The number of aryl methyl sites for hydroxylation is 1. The fraction of sp³-hybridized carbons (Fsp3) is 0.107. The number of nitrogens with one attached hydrogen (secondary N) is 2. The van der Waals surface area contributed by atoms with Crippen LogP contribution in [0.15, 0.2) is 101 Å². The molecule has 9 nitrogen and oxygen atoms in total. The molecule has 212 valence electrons. The molecule has 1 amide bonds. The Bertz CT molecular complexity index is 1830. The summed E-state index contributed by atoms with van der Waals surface area (Å²) in [4.78, 5) is 13.2. The fourth-order valence-corrected chi connectivity index (χ4v) is 6.94. The average molecular weight is 633 g/mol. The van der Waals surface area contributed by atoms with Gasteiger partial charge < -0.3 is 10.1 Å². The quantitative estimate of drug-likeness (QED) is 0.270. The van der Waals surface area contributed by atoms with Crippen LogP contribution >= 0.6 is 23.2 Å². The van der Waals surface area contributed by atoms with Crippen LogP contribution in [-0.2, 0) is 24.8 Å². The highest BCUT2D eigenvalue weighted by Crippen LogP contribution is 2.37. The van der Waals surface area contributed by atoms with Gasteiger partial charge in [0.2, 0.25) is 0 Å². The SMILES string of the molecule is Cc1ccc(NS(=O)(=O)c2ccc(NC(=O)[C@@H]3CN(S(=O)(=O)c4ccc(Cl)cc4)c4ccccc4O3)cc2)cc1Cl. The van der Waals surface area contributed by atoms with E-state index in [-0.39, 0.29) is 22.1 Å². The van der Waals surface area contributed by atoms with Gasteiger partial charge in [-0.1, -0.05) is 41.4 Å². The summed E-state index contributed by atoms with van der Waals surface area (Å²) >= 11 is 12.0. The zero-order valence-electron chi connectivity index (χ0n) is 21.4. The van der Waals surface area contributed by atoms with E-state index >= 15 is 0 Å². The monoisotopic (exact) mass is 631 g/mol. The molecule has 1 heterocycles. The van der Waals surface area contributed by atoms with E-state index in [1.807, 2.05) is 0 Å². The van der Waals surface area contributed by atoms with Crippen molar-refractivity contribution in [1.82, 2.24) is 0 Å². The third-order valence-corrected chi connectivity index (χ3v) is 10.1. The second-order valence-electron chi connectivity index (χ2n) is 9.15. The average Bonchev–Trinajstić information content (AvgIpc) is 2.94. The third-order valence-electron chi connectivity index (χ3n) is 6.29. The number of amides is 1. The molecule has 0 saturated heterocycles. The minimum Gasteiger partial charge on any atom is -0.476 e. The van der Waals surface area contributed by atoms with Crippen molar-refractivity contribution in [2.45, 2.75) is 22.8 Å². The van der Waals surface area contributed by atoms with Gasteiger partial charge in [0.15, 0.2) is 6.10 Å². The number of nitrogens with zero attached hydrogens (tertiary/aromatic N) is 1. The molecule has 0 spiro atoms. The molecule has 0 radical (unpaired) electrons. The maximum atomic E-state index is 13.5. The maximum Gasteiger partial charge on any atom is 0.267 e. The van der Waals surface area contributed by atoms with Gasteiger partial charge in [0.05, 0.1) is 27.7 Å². The molecule has 41 heavy (non-hydrogen) atoms. The van der Waals surface area contributed by atoms with E-state index in [9.17, 15) is 21.6 Å². The first kappa shape index (κ1) is 28.7. The number of benzene rings is 4. The molecule has 0 saturated carbocycles. The van der Waals surface area contributed by atoms with Crippen LogP contribution in [0.4, 0.5) is 17.1 Å². The maximum absolute atomic E-state index is 13.5. The zero-order valence-corrected chi connectivity index (χ0v) is 24.6. The Morgan fingerprint density at radius 1 is 0.854 bits per heavy atom. The zero-order chi connectivity index (χ0) is 29.4. The van der Waals surface area contributed by atoms with Crippen LogP contribution in [-0.4, -0.2) is 35.4 Å². The van der Waals surface area contributed by atoms with Crippen molar-refractivity contribution in [1.29, 1.82) is 0 Å². The van der Waals surface area contributed by atoms with Gasteiger partial charge in [-0.05, 0) is 85.3 Å². The van der Waals surface area contributed by atoms with E-state index in [4.69, 9.17) is 27.9 Å². The lowest BCUT2D eigenvalue weighted by atomic mass is 10.2. The number of ether oxygens (including phenoxy) is 1. The Labute approximate surface area is 247 Å². The van der Waals surface area contributed by atoms with Crippen molar-refractivity contribution in [3.63, 3.8) is 0 Å². The van der Waals surface area contributed by atoms with Crippen molar-refractivity contribution in [2.75, 3.05) is 20.9 Å². The lowest BCUT2D eigenvalue weighted by molar-refractivity contribution is -0.122. The number of hydrogen-bond donors (Lipinski definition) is 2. The molecule has 0 bridgehead atoms. The fourth-order valence-electron chi connectivity index (χ4n) is 4.11. The summed E-state index contributed by atoms with van der Waals surface area (Å²) in [7, 11) is -7.97. The molecular formula is C28H23Cl2N3O6S2. The number of halogens is 2. The lowest BCUT2D eigenvalue weighted by Gasteiger charge is -2.34. The second kappa shape index (κ2) is 11.2. The van der Waals surface area contributed by atoms with Gasteiger partial charge in [0.1, 0.15) is 5.75 Å². The normalized spacial score (nSPS) is 15.0. The minimum absolute atomic E-state index is 0.0103. The van der Waals surface area contributed by atoms with Crippen molar-refractivity contribution >= 4 is 66.2 Å². The van der Waals surface area contributed by atoms with E-state index < -0.39 is 32.1 Å². The predicted molar refractivity (Wildman–Crippen MR) is 159 cm³/mol. The topological polar surface area (TPSA) is 122 Å². The van der Waals surface area contributed by atoms with Crippen LogP contribution in [0.25, 0.3) is 0 Å². The Balaban J connectivity index is 1.33. The largest absolute Gasteiger partial charge is 0.476 e. The molecule has 1 atom stereocenters. The minimum atomic E-state index is -4.05. The molecule has 13 heteroatoms. The van der Waals surface area contributed by atoms with Crippen LogP contribution in [0.2, 0.25) is 10.0 Å². The Morgan fingerprint density at radius 3 is 2.17 bits per heavy atom. The summed E-state index contributed by atoms with van der Waals surface area (Å²) in [5.74, 6) is -0.390. The number of carbonyl (C=O) groups is 1. The molecule has 0 fully saturated rings. The molecule has 4 aromatic rings. The highest BCUT2D eigenvalue weighted by molar-refractivity contribution is 7.93. The summed E-state index contributed by atoms with van der Waals surface area (Å²) in [6, 6.07) is 22.6. The number of fused-ring (bicyclic) bond motifs is 1. The molecule has 0 aliphatic carbocycles. The summed E-state index contributed by atoms with van der Waals surface area (Å²) in [6.45, 7) is 1.52. The first-order valence-electron chi connectivity index (χ1n) is 12.2. The predicted octanol–water partition coefficient (Wildman–Crippen LogP) is 5.70. The number of sulfonamides is 2. The number of carbonyl (C=O) groups excluding carboxylic acids is 1. The number of para-hydroxylation sites is 2. The van der Waals surface area contributed by atoms with Crippen molar-refractivity contribution < 1.29 is 26.4 Å². The summed E-state index contributed by atoms with van der Waals surface area (Å²) < 4.78 is 62.1. The van der Waals surface area contributed by atoms with Crippen LogP contribution in [0.1, 0.15) is 5.56 Å². The van der Waals surface area contributed by atoms with E-state index in [1.54, 1.807) is 43.3 Å². The smallest absolute Gasteiger partial charge is 0.267 e. The molecular weight excluding hydrogens is 609 g/mol. The van der Waals surface area contributed by atoms with E-state index in [0.29, 0.717) is 27.1 Å². The van der Waals surface area contributed by atoms with E-state index in [0.717, 1.165) is 9.87 Å². The Hall–Kier alpha value is -3.77. The van der Waals surface area contributed by atoms with Crippen LogP contribution < -0.4 is 19.1 Å². The first-order chi connectivity index (χ1) is 19.4. The molecule has 1 aliphatic rings. The van der Waals surface area contributed by atoms with Gasteiger partial charge in [-0.15, -0.1) is 0 Å². The first-order valence-corrected chi connectivity index (χ1v) is 15.9. The van der Waals surface area contributed by atoms with Crippen molar-refractivity contribution in [3.05, 3.63) is 107 Å². The van der Waals surface area contributed by atoms with Gasteiger partial charge >= 0.3 is 0 Å². The van der Waals surface area contributed by atoms with E-state index in [1.165, 1.54) is 54.6 Å². The molecule has 0 unspecified atom stereocenters. The van der Waals surface area contributed by atoms with Crippen LogP contribution in [0.3, 0.4) is 0 Å². The van der Waals surface area contributed by atoms with Gasteiger partial charge in [-0.25, -0.2) is 16.8 Å². The highest BCUT2D eigenvalue weighted by atomic mass is 35.5. The molecule has 5 rings (SSSR count). The standard InChI is InChI=1S/C28H23Cl2N3O6S2/c1-18-6-9-21(16-24(18)30)32-40(35,36)22-14-10-20(11-15-22)31-28(34)27-17-33(25-4-2-3-5-26(25)39-27)41(37,38)23-12-7-19(29)8-13-23/h2-16,27,32H,17H2,1H3,(H,31,34)/t27-/m0/s1. The van der Waals surface area contributed by atoms with Gasteiger partial charge in [-0.2, -0.15) is 0 Å². The highest BCUT2D eigenvalue weighted by Gasteiger charge is 2.37. The Morgan fingerprint density at radius 2 is 1.49 bits per heavy atom. The molecule has 4 aromatic carbocycles. The van der Waals surface area contributed by atoms with Crippen molar-refractivity contribution in [3.8, 4) is 5.75 Å². The summed E-state index contributed by atoms with van der Waals surface area (Å²) in [5.41, 5.74) is 1.71. The molecule has 1 aliphatic heterocycles. The van der Waals surface area contributed by atoms with Crippen molar-refractivity contribution in [2.24, 2.45) is 0 Å². The van der Waals surface area contributed by atoms with Crippen LogP contribution in [0.5, 0.6) is 5.75 Å². The number of hydrogen-bond acceptors (Lipinski definition) is 6.